The maximum atomic E-state index is 14.2. The van der Waals surface area contributed by atoms with Crippen molar-refractivity contribution in [1.29, 1.82) is 0 Å². The van der Waals surface area contributed by atoms with E-state index in [1.54, 1.807) is 4.68 Å². The fraction of sp³-hybridized carbons (Fsp3) is 0.700. The second-order valence-corrected chi connectivity index (χ2v) is 4.21. The highest BCUT2D eigenvalue weighted by molar-refractivity contribution is 6.31. The summed E-state index contributed by atoms with van der Waals surface area (Å²) in [6, 6.07) is -0.107. The second kappa shape index (κ2) is 4.49. The first kappa shape index (κ1) is 10.9. The van der Waals surface area contributed by atoms with Crippen LogP contribution in [-0.4, -0.2) is 22.4 Å². The molecule has 3 nitrogen and oxygen atoms in total. The molecule has 1 N–H and O–H groups in total. The van der Waals surface area contributed by atoms with Gasteiger partial charge in [-0.2, -0.15) is 5.10 Å². The fourth-order valence-electron chi connectivity index (χ4n) is 2.05. The number of rotatable bonds is 3. The van der Waals surface area contributed by atoms with Gasteiger partial charge in [0.15, 0.2) is 6.17 Å². The van der Waals surface area contributed by atoms with E-state index >= 15 is 0 Å². The molecule has 1 fully saturated rings. The molecule has 1 aliphatic rings. The third-order valence-corrected chi connectivity index (χ3v) is 3.14. The number of aromatic nitrogens is 2. The van der Waals surface area contributed by atoms with Gasteiger partial charge in [-0.25, -0.2) is 4.39 Å². The zero-order valence-electron chi connectivity index (χ0n) is 8.71. The van der Waals surface area contributed by atoms with Crippen LogP contribution in [0.3, 0.4) is 0 Å². The molecule has 0 saturated carbocycles. The van der Waals surface area contributed by atoms with Crippen molar-refractivity contribution in [3.8, 4) is 0 Å². The third-order valence-electron chi connectivity index (χ3n) is 2.85. The second-order valence-electron chi connectivity index (χ2n) is 3.80. The van der Waals surface area contributed by atoms with Crippen LogP contribution in [0.15, 0.2) is 6.20 Å². The SMILES string of the molecule is CCn1ncc(Cl)c1C(F)C1CCCN1. The smallest absolute Gasteiger partial charge is 0.158 e. The Kier molecular flexibility index (Phi) is 3.26. The van der Waals surface area contributed by atoms with Gasteiger partial charge < -0.3 is 5.32 Å². The predicted molar refractivity (Wildman–Crippen MR) is 57.8 cm³/mol. The summed E-state index contributed by atoms with van der Waals surface area (Å²) in [5.41, 5.74) is 0.513. The van der Waals surface area contributed by atoms with E-state index < -0.39 is 6.17 Å². The molecule has 84 valence electrons. The van der Waals surface area contributed by atoms with Gasteiger partial charge in [-0.05, 0) is 26.3 Å². The van der Waals surface area contributed by atoms with Crippen LogP contribution in [0.5, 0.6) is 0 Å². The summed E-state index contributed by atoms with van der Waals surface area (Å²) in [6.07, 6.45) is 2.36. The molecule has 2 rings (SSSR count). The number of hydrogen-bond acceptors (Lipinski definition) is 2. The van der Waals surface area contributed by atoms with Crippen LogP contribution in [0.2, 0.25) is 5.02 Å². The Morgan fingerprint density at radius 3 is 3.20 bits per heavy atom. The lowest BCUT2D eigenvalue weighted by molar-refractivity contribution is 0.255. The Hall–Kier alpha value is -0.610. The molecule has 1 aromatic rings. The van der Waals surface area contributed by atoms with Crippen molar-refractivity contribution in [3.05, 3.63) is 16.9 Å². The summed E-state index contributed by atoms with van der Waals surface area (Å²) in [5.74, 6) is 0. The molecule has 2 atom stereocenters. The van der Waals surface area contributed by atoms with Gasteiger partial charge in [0.2, 0.25) is 0 Å². The van der Waals surface area contributed by atoms with Crippen LogP contribution in [-0.2, 0) is 6.54 Å². The van der Waals surface area contributed by atoms with Crippen LogP contribution in [0.4, 0.5) is 4.39 Å². The van der Waals surface area contributed by atoms with Crippen molar-refractivity contribution in [1.82, 2.24) is 15.1 Å². The first-order valence-electron chi connectivity index (χ1n) is 5.32. The van der Waals surface area contributed by atoms with Gasteiger partial charge >= 0.3 is 0 Å². The first-order chi connectivity index (χ1) is 7.24. The number of nitrogens with one attached hydrogen (secondary N) is 1. The van der Waals surface area contributed by atoms with Crippen molar-refractivity contribution in [2.24, 2.45) is 0 Å². The van der Waals surface area contributed by atoms with Gasteiger partial charge in [-0.1, -0.05) is 11.6 Å². The summed E-state index contributed by atoms with van der Waals surface area (Å²) >= 11 is 5.95. The molecule has 1 saturated heterocycles. The number of aryl methyl sites for hydroxylation is 1. The molecule has 15 heavy (non-hydrogen) atoms. The number of alkyl halides is 1. The van der Waals surface area contributed by atoms with Gasteiger partial charge in [0.05, 0.1) is 16.9 Å². The molecule has 0 aromatic carbocycles. The zero-order valence-corrected chi connectivity index (χ0v) is 9.47. The minimum atomic E-state index is -1.05. The average molecular weight is 232 g/mol. The third kappa shape index (κ3) is 2.01. The topological polar surface area (TPSA) is 29.9 Å². The lowest BCUT2D eigenvalue weighted by Gasteiger charge is -2.17. The van der Waals surface area contributed by atoms with E-state index in [0.29, 0.717) is 17.3 Å². The minimum Gasteiger partial charge on any atom is -0.311 e. The average Bonchev–Trinajstić information content (AvgIpc) is 2.85. The van der Waals surface area contributed by atoms with E-state index in [9.17, 15) is 4.39 Å². The van der Waals surface area contributed by atoms with Gasteiger partial charge in [0.1, 0.15) is 0 Å². The Balaban J connectivity index is 2.22. The van der Waals surface area contributed by atoms with Crippen LogP contribution < -0.4 is 5.32 Å². The molecule has 1 aromatic heterocycles. The van der Waals surface area contributed by atoms with Crippen LogP contribution in [0.25, 0.3) is 0 Å². The van der Waals surface area contributed by atoms with E-state index in [4.69, 9.17) is 11.6 Å². The highest BCUT2D eigenvalue weighted by Gasteiger charge is 2.30. The van der Waals surface area contributed by atoms with E-state index in [2.05, 4.69) is 10.4 Å². The minimum absolute atomic E-state index is 0.107. The van der Waals surface area contributed by atoms with Gasteiger partial charge in [0, 0.05) is 12.6 Å². The van der Waals surface area contributed by atoms with Crippen LogP contribution >= 0.6 is 11.6 Å². The van der Waals surface area contributed by atoms with Crippen molar-refractivity contribution in [2.75, 3.05) is 6.54 Å². The highest BCUT2D eigenvalue weighted by Crippen LogP contribution is 2.31. The quantitative estimate of drug-likeness (QED) is 0.865. The Labute approximate surface area is 93.6 Å². The molecular formula is C10H15ClFN3. The molecule has 0 bridgehead atoms. The van der Waals surface area contributed by atoms with Crippen molar-refractivity contribution >= 4 is 11.6 Å². The van der Waals surface area contributed by atoms with Gasteiger partial charge in [-0.15, -0.1) is 0 Å². The normalized spacial score (nSPS) is 23.3. The molecule has 0 amide bonds. The fourth-order valence-corrected chi connectivity index (χ4v) is 2.30. The summed E-state index contributed by atoms with van der Waals surface area (Å²) in [4.78, 5) is 0. The number of halogens is 2. The van der Waals surface area contributed by atoms with Crippen LogP contribution in [0, 0.1) is 0 Å². The summed E-state index contributed by atoms with van der Waals surface area (Å²) < 4.78 is 15.8. The van der Waals surface area contributed by atoms with E-state index in [-0.39, 0.29) is 6.04 Å². The van der Waals surface area contributed by atoms with E-state index in [0.717, 1.165) is 19.4 Å². The summed E-state index contributed by atoms with van der Waals surface area (Å²) in [7, 11) is 0. The van der Waals surface area contributed by atoms with Crippen LogP contribution in [0.1, 0.15) is 31.6 Å². The monoisotopic (exact) mass is 231 g/mol. The largest absolute Gasteiger partial charge is 0.311 e. The molecule has 2 unspecified atom stereocenters. The maximum absolute atomic E-state index is 14.2. The van der Waals surface area contributed by atoms with Crippen molar-refractivity contribution < 1.29 is 4.39 Å². The van der Waals surface area contributed by atoms with E-state index in [1.165, 1.54) is 6.20 Å². The molecule has 0 spiro atoms. The molecule has 1 aliphatic heterocycles. The lowest BCUT2D eigenvalue weighted by Crippen LogP contribution is -2.28. The number of hydrogen-bond donors (Lipinski definition) is 1. The molecule has 5 heteroatoms. The first-order valence-corrected chi connectivity index (χ1v) is 5.70. The number of nitrogens with zero attached hydrogens (tertiary/aromatic N) is 2. The molecule has 0 radical (unpaired) electrons. The Morgan fingerprint density at radius 2 is 2.60 bits per heavy atom. The molecule has 2 heterocycles. The maximum Gasteiger partial charge on any atom is 0.158 e. The standard InChI is InChI=1S/C10H15ClFN3/c1-2-15-10(7(11)6-14-15)9(12)8-4-3-5-13-8/h6,8-9,13H,2-5H2,1H3. The molecule has 0 aliphatic carbocycles. The summed E-state index contributed by atoms with van der Waals surface area (Å²) in [5, 5.41) is 7.62. The predicted octanol–water partition coefficient (Wildman–Crippen LogP) is 2.32. The molecular weight excluding hydrogens is 217 g/mol. The highest BCUT2D eigenvalue weighted by atomic mass is 35.5. The van der Waals surface area contributed by atoms with Crippen molar-refractivity contribution in [3.63, 3.8) is 0 Å². The zero-order chi connectivity index (χ0) is 10.8. The lowest BCUT2D eigenvalue weighted by atomic mass is 10.1. The van der Waals surface area contributed by atoms with Crippen molar-refractivity contribution in [2.45, 2.75) is 38.5 Å². The Bertz CT molecular complexity index is 333. The van der Waals surface area contributed by atoms with Gasteiger partial charge in [-0.3, -0.25) is 4.68 Å². The summed E-state index contributed by atoms with van der Waals surface area (Å²) in [6.45, 7) is 3.47. The van der Waals surface area contributed by atoms with E-state index in [1.807, 2.05) is 6.92 Å². The van der Waals surface area contributed by atoms with Gasteiger partial charge in [0.25, 0.3) is 0 Å². The Morgan fingerprint density at radius 1 is 1.80 bits per heavy atom.